The third-order valence-electron chi connectivity index (χ3n) is 6.21. The standard InChI is InChI=1S/C28H27N5O2/c1-18-6-5-15-33(17-21-11-9-20(10-12-21)13-14-29)19(2)26(18)32-28(35)23-16-25(27(30)34)31-24-8-4-3-7-22(23)24/h3-4,6-12,16H,5,13,15,17H2,1-2H3,(H2,30,34)(H,32,35). The van der Waals surface area contributed by atoms with Gasteiger partial charge in [0.05, 0.1) is 29.3 Å². The van der Waals surface area contributed by atoms with Gasteiger partial charge < -0.3 is 16.0 Å². The van der Waals surface area contributed by atoms with Crippen molar-refractivity contribution >= 4 is 22.7 Å². The van der Waals surface area contributed by atoms with Crippen molar-refractivity contribution in [3.8, 4) is 6.07 Å². The van der Waals surface area contributed by atoms with Gasteiger partial charge in [-0.1, -0.05) is 48.5 Å². The SMILES string of the molecule is CC1=CCCN(Cc2ccc(CC#N)cc2)C(C)=C1NC(=O)c1cc(C(N)=O)nc2ccccc12. The molecule has 3 aromatic rings. The van der Waals surface area contributed by atoms with E-state index < -0.39 is 5.91 Å². The Labute approximate surface area is 204 Å². The van der Waals surface area contributed by atoms with Crippen LogP contribution in [0.25, 0.3) is 10.9 Å². The minimum absolute atomic E-state index is 0.0501. The highest BCUT2D eigenvalue weighted by Gasteiger charge is 2.21. The summed E-state index contributed by atoms with van der Waals surface area (Å²) in [4.78, 5) is 31.8. The van der Waals surface area contributed by atoms with E-state index in [1.54, 1.807) is 18.2 Å². The van der Waals surface area contributed by atoms with Crippen molar-refractivity contribution in [2.24, 2.45) is 5.73 Å². The van der Waals surface area contributed by atoms with Crippen LogP contribution in [0.4, 0.5) is 0 Å². The number of amides is 2. The smallest absolute Gasteiger partial charge is 0.267 e. The van der Waals surface area contributed by atoms with Crippen LogP contribution in [0.3, 0.4) is 0 Å². The van der Waals surface area contributed by atoms with Crippen LogP contribution in [0.2, 0.25) is 0 Å². The molecule has 0 fully saturated rings. The fourth-order valence-electron chi connectivity index (χ4n) is 4.28. The summed E-state index contributed by atoms with van der Waals surface area (Å²) in [6.07, 6.45) is 3.36. The van der Waals surface area contributed by atoms with Crippen molar-refractivity contribution in [2.75, 3.05) is 6.54 Å². The molecule has 35 heavy (non-hydrogen) atoms. The summed E-state index contributed by atoms with van der Waals surface area (Å²) < 4.78 is 0. The number of nitrogens with one attached hydrogen (secondary N) is 1. The minimum atomic E-state index is -0.683. The molecule has 0 saturated carbocycles. The van der Waals surface area contributed by atoms with Crippen LogP contribution in [-0.4, -0.2) is 28.2 Å². The van der Waals surface area contributed by atoms with Crippen LogP contribution in [0.15, 0.2) is 77.6 Å². The highest BCUT2D eigenvalue weighted by molar-refractivity contribution is 6.09. The molecule has 1 aliphatic rings. The Hall–Kier alpha value is -4.44. The van der Waals surface area contributed by atoms with Gasteiger partial charge in [-0.05, 0) is 49.1 Å². The molecule has 2 heterocycles. The number of aromatic nitrogens is 1. The lowest BCUT2D eigenvalue weighted by Crippen LogP contribution is -2.29. The second kappa shape index (κ2) is 10.2. The first-order valence-corrected chi connectivity index (χ1v) is 11.5. The number of rotatable bonds is 6. The monoisotopic (exact) mass is 465 g/mol. The fraction of sp³-hybridized carbons (Fsp3) is 0.214. The molecule has 1 aliphatic heterocycles. The summed E-state index contributed by atoms with van der Waals surface area (Å²) in [5.74, 6) is -1.01. The molecule has 0 aliphatic carbocycles. The van der Waals surface area contributed by atoms with Crippen molar-refractivity contribution in [1.82, 2.24) is 15.2 Å². The fourth-order valence-corrected chi connectivity index (χ4v) is 4.28. The summed E-state index contributed by atoms with van der Waals surface area (Å²) in [6, 6.07) is 18.8. The molecule has 7 nitrogen and oxygen atoms in total. The molecule has 7 heteroatoms. The molecule has 1 aromatic heterocycles. The average molecular weight is 466 g/mol. The van der Waals surface area contributed by atoms with Crippen LogP contribution in [0, 0.1) is 11.3 Å². The number of carbonyl (C=O) groups excluding carboxylic acids is 2. The molecule has 2 aromatic carbocycles. The third-order valence-corrected chi connectivity index (χ3v) is 6.21. The van der Waals surface area contributed by atoms with E-state index >= 15 is 0 Å². The Morgan fingerprint density at radius 1 is 1.11 bits per heavy atom. The Morgan fingerprint density at radius 3 is 2.54 bits per heavy atom. The molecular formula is C28H27N5O2. The number of primary amides is 1. The van der Waals surface area contributed by atoms with Gasteiger partial charge in [0.25, 0.3) is 11.8 Å². The van der Waals surface area contributed by atoms with Crippen LogP contribution in [0.1, 0.15) is 52.2 Å². The van der Waals surface area contributed by atoms with Crippen molar-refractivity contribution in [1.29, 1.82) is 5.26 Å². The van der Waals surface area contributed by atoms with E-state index in [0.717, 1.165) is 41.1 Å². The van der Waals surface area contributed by atoms with Gasteiger partial charge in [-0.15, -0.1) is 0 Å². The Morgan fingerprint density at radius 2 is 1.83 bits per heavy atom. The zero-order valence-electron chi connectivity index (χ0n) is 19.8. The third kappa shape index (κ3) is 5.22. The van der Waals surface area contributed by atoms with E-state index in [0.29, 0.717) is 29.4 Å². The number of pyridine rings is 1. The number of benzene rings is 2. The Balaban J connectivity index is 1.65. The number of nitriles is 1. The lowest BCUT2D eigenvalue weighted by Gasteiger charge is -2.26. The first-order valence-electron chi connectivity index (χ1n) is 11.5. The number of fused-ring (bicyclic) bond motifs is 1. The maximum Gasteiger partial charge on any atom is 0.267 e. The van der Waals surface area contributed by atoms with Gasteiger partial charge in [0.15, 0.2) is 0 Å². The number of nitrogens with zero attached hydrogens (tertiary/aromatic N) is 3. The average Bonchev–Trinajstić information content (AvgIpc) is 2.98. The molecule has 0 saturated heterocycles. The van der Waals surface area contributed by atoms with Crippen molar-refractivity contribution in [3.05, 3.63) is 100 Å². The predicted molar refractivity (Wildman–Crippen MR) is 135 cm³/mol. The maximum absolute atomic E-state index is 13.5. The largest absolute Gasteiger partial charge is 0.369 e. The molecule has 176 valence electrons. The first-order chi connectivity index (χ1) is 16.9. The van der Waals surface area contributed by atoms with Crippen LogP contribution in [-0.2, 0) is 13.0 Å². The van der Waals surface area contributed by atoms with E-state index in [1.165, 1.54) is 6.07 Å². The summed E-state index contributed by atoms with van der Waals surface area (Å²) in [5.41, 5.74) is 11.2. The number of nitrogens with two attached hydrogens (primary N) is 1. The molecule has 4 rings (SSSR count). The normalized spacial score (nSPS) is 13.7. The Bertz CT molecular complexity index is 1400. The highest BCUT2D eigenvalue weighted by Crippen LogP contribution is 2.25. The van der Waals surface area contributed by atoms with E-state index in [1.807, 2.05) is 44.2 Å². The molecule has 0 unspecified atom stereocenters. The van der Waals surface area contributed by atoms with Gasteiger partial charge in [-0.3, -0.25) is 9.59 Å². The molecule has 0 spiro atoms. The van der Waals surface area contributed by atoms with Gasteiger partial charge in [-0.25, -0.2) is 4.98 Å². The lowest BCUT2D eigenvalue weighted by molar-refractivity contribution is 0.0966. The number of hydrogen-bond acceptors (Lipinski definition) is 5. The van der Waals surface area contributed by atoms with Gasteiger partial charge in [0.1, 0.15) is 5.69 Å². The zero-order chi connectivity index (χ0) is 24.9. The van der Waals surface area contributed by atoms with E-state index in [9.17, 15) is 9.59 Å². The second-order valence-corrected chi connectivity index (χ2v) is 8.60. The number of hydrogen-bond donors (Lipinski definition) is 2. The van der Waals surface area contributed by atoms with Crippen molar-refractivity contribution in [3.63, 3.8) is 0 Å². The summed E-state index contributed by atoms with van der Waals surface area (Å²) >= 11 is 0. The molecular weight excluding hydrogens is 438 g/mol. The second-order valence-electron chi connectivity index (χ2n) is 8.60. The highest BCUT2D eigenvalue weighted by atomic mass is 16.2. The first kappa shape index (κ1) is 23.7. The summed E-state index contributed by atoms with van der Waals surface area (Å²) in [5, 5.41) is 12.6. The summed E-state index contributed by atoms with van der Waals surface area (Å²) in [7, 11) is 0. The van der Waals surface area contributed by atoms with Gasteiger partial charge in [0, 0.05) is 24.2 Å². The van der Waals surface area contributed by atoms with Crippen LogP contribution >= 0.6 is 0 Å². The number of allylic oxidation sites excluding steroid dienone is 2. The van der Waals surface area contributed by atoms with Crippen LogP contribution in [0.5, 0.6) is 0 Å². The molecule has 0 atom stereocenters. The topological polar surface area (TPSA) is 112 Å². The van der Waals surface area contributed by atoms with Crippen LogP contribution < -0.4 is 11.1 Å². The van der Waals surface area contributed by atoms with E-state index in [-0.39, 0.29) is 11.6 Å². The molecule has 0 radical (unpaired) electrons. The zero-order valence-corrected chi connectivity index (χ0v) is 19.8. The number of carbonyl (C=O) groups is 2. The molecule has 2 amide bonds. The van der Waals surface area contributed by atoms with Gasteiger partial charge in [-0.2, -0.15) is 5.26 Å². The van der Waals surface area contributed by atoms with Crippen molar-refractivity contribution in [2.45, 2.75) is 33.2 Å². The minimum Gasteiger partial charge on any atom is -0.369 e. The van der Waals surface area contributed by atoms with Gasteiger partial charge >= 0.3 is 0 Å². The maximum atomic E-state index is 13.5. The van der Waals surface area contributed by atoms with Gasteiger partial charge in [0.2, 0.25) is 0 Å². The quantitative estimate of drug-likeness (QED) is 0.566. The molecule has 0 bridgehead atoms. The lowest BCUT2D eigenvalue weighted by atomic mass is 10.1. The van der Waals surface area contributed by atoms with Crippen molar-refractivity contribution < 1.29 is 9.59 Å². The molecule has 3 N–H and O–H groups in total. The van der Waals surface area contributed by atoms with E-state index in [4.69, 9.17) is 11.0 Å². The predicted octanol–water partition coefficient (Wildman–Crippen LogP) is 4.21. The van der Waals surface area contributed by atoms with E-state index in [2.05, 4.69) is 27.3 Å². The number of para-hydroxylation sites is 1. The Kier molecular flexibility index (Phi) is 6.93. The summed E-state index contributed by atoms with van der Waals surface area (Å²) in [6.45, 7) is 5.48.